The molecule has 2 rings (SSSR count). The van der Waals surface area contributed by atoms with Gasteiger partial charge in [-0.25, -0.2) is 0 Å². The minimum Gasteiger partial charge on any atom is -0.462 e. The molecule has 2 aromatic rings. The molecule has 102 valence electrons. The summed E-state index contributed by atoms with van der Waals surface area (Å²) in [5, 5.41) is 11.8. The van der Waals surface area contributed by atoms with Crippen molar-refractivity contribution in [3.63, 3.8) is 0 Å². The van der Waals surface area contributed by atoms with Gasteiger partial charge in [-0.2, -0.15) is 13.2 Å². The van der Waals surface area contributed by atoms with E-state index in [0.29, 0.717) is 23.8 Å². The molecular weight excluding hydrogens is 259 g/mol. The molecule has 0 aliphatic rings. The van der Waals surface area contributed by atoms with E-state index in [1.54, 1.807) is 12.1 Å². The number of halogens is 3. The lowest BCUT2D eigenvalue weighted by Crippen LogP contribution is -2.05. The van der Waals surface area contributed by atoms with Crippen LogP contribution in [0, 0.1) is 0 Å². The van der Waals surface area contributed by atoms with Crippen LogP contribution in [0.5, 0.6) is 0 Å². The fraction of sp³-hybridized carbons (Fsp3) is 0.231. The van der Waals surface area contributed by atoms with Gasteiger partial charge < -0.3 is 14.8 Å². The highest BCUT2D eigenvalue weighted by molar-refractivity contribution is 5.45. The third-order valence-electron chi connectivity index (χ3n) is 2.55. The first-order valence-electron chi connectivity index (χ1n) is 5.58. The smallest absolute Gasteiger partial charge is 0.416 e. The molecule has 0 saturated heterocycles. The number of aliphatic hydroxyl groups excluding tert-OH is 1. The van der Waals surface area contributed by atoms with E-state index >= 15 is 0 Å². The Bertz CT molecular complexity index is 532. The van der Waals surface area contributed by atoms with Crippen molar-refractivity contribution in [1.82, 2.24) is 0 Å². The molecule has 0 unspecified atom stereocenters. The first kappa shape index (κ1) is 13.5. The van der Waals surface area contributed by atoms with E-state index in [0.717, 1.165) is 12.1 Å². The Labute approximate surface area is 107 Å². The van der Waals surface area contributed by atoms with Crippen LogP contribution in [0.4, 0.5) is 18.9 Å². The van der Waals surface area contributed by atoms with Gasteiger partial charge in [0, 0.05) is 5.69 Å². The van der Waals surface area contributed by atoms with Gasteiger partial charge in [0.15, 0.2) is 0 Å². The number of hydrogen-bond acceptors (Lipinski definition) is 3. The molecule has 6 heteroatoms. The van der Waals surface area contributed by atoms with Crippen LogP contribution in [0.15, 0.2) is 40.8 Å². The minimum atomic E-state index is -4.32. The minimum absolute atomic E-state index is 0.180. The monoisotopic (exact) mass is 271 g/mol. The SMILES string of the molecule is OCc1ccc(CNc2ccc(C(F)(F)F)cc2)o1. The van der Waals surface area contributed by atoms with Crippen molar-refractivity contribution in [2.45, 2.75) is 19.3 Å². The summed E-state index contributed by atoms with van der Waals surface area (Å²) in [7, 11) is 0. The van der Waals surface area contributed by atoms with Gasteiger partial charge in [-0.05, 0) is 36.4 Å². The van der Waals surface area contributed by atoms with E-state index in [1.807, 2.05) is 0 Å². The van der Waals surface area contributed by atoms with Crippen LogP contribution < -0.4 is 5.32 Å². The molecule has 0 spiro atoms. The molecule has 0 amide bonds. The summed E-state index contributed by atoms with van der Waals surface area (Å²) in [5.41, 5.74) is -0.117. The molecule has 0 bridgehead atoms. The van der Waals surface area contributed by atoms with Crippen LogP contribution in [-0.4, -0.2) is 5.11 Å². The van der Waals surface area contributed by atoms with Crippen molar-refractivity contribution in [3.8, 4) is 0 Å². The standard InChI is InChI=1S/C13H12F3NO2/c14-13(15,16)9-1-3-10(4-2-9)17-7-11-5-6-12(8-18)19-11/h1-6,17-18H,7-8H2. The predicted molar refractivity (Wildman–Crippen MR) is 63.4 cm³/mol. The highest BCUT2D eigenvalue weighted by Crippen LogP contribution is 2.29. The number of alkyl halides is 3. The van der Waals surface area contributed by atoms with Crippen molar-refractivity contribution in [2.75, 3.05) is 5.32 Å². The summed E-state index contributed by atoms with van der Waals surface area (Å²) in [6.07, 6.45) is -4.32. The van der Waals surface area contributed by atoms with Crippen molar-refractivity contribution in [1.29, 1.82) is 0 Å². The topological polar surface area (TPSA) is 45.4 Å². The number of aliphatic hydroxyl groups is 1. The summed E-state index contributed by atoms with van der Waals surface area (Å²) in [5.74, 6) is 1.05. The number of benzene rings is 1. The number of nitrogens with one attached hydrogen (secondary N) is 1. The van der Waals surface area contributed by atoms with Crippen molar-refractivity contribution in [2.24, 2.45) is 0 Å². The molecule has 1 heterocycles. The Balaban J connectivity index is 1.96. The van der Waals surface area contributed by atoms with E-state index in [1.165, 1.54) is 12.1 Å². The lowest BCUT2D eigenvalue weighted by atomic mass is 10.2. The molecule has 19 heavy (non-hydrogen) atoms. The molecule has 2 N–H and O–H groups in total. The summed E-state index contributed by atoms with van der Waals surface area (Å²) < 4.78 is 42.3. The zero-order valence-electron chi connectivity index (χ0n) is 9.87. The van der Waals surface area contributed by atoms with E-state index in [4.69, 9.17) is 9.52 Å². The van der Waals surface area contributed by atoms with Crippen molar-refractivity contribution < 1.29 is 22.7 Å². The Hall–Kier alpha value is -1.95. The Morgan fingerprint density at radius 2 is 1.63 bits per heavy atom. The first-order valence-corrected chi connectivity index (χ1v) is 5.58. The van der Waals surface area contributed by atoms with Gasteiger partial charge in [-0.3, -0.25) is 0 Å². The van der Waals surface area contributed by atoms with E-state index in [-0.39, 0.29) is 6.61 Å². The lowest BCUT2D eigenvalue weighted by Gasteiger charge is -2.08. The predicted octanol–water partition coefficient (Wildman–Crippen LogP) is 3.40. The zero-order valence-corrected chi connectivity index (χ0v) is 9.87. The van der Waals surface area contributed by atoms with E-state index < -0.39 is 11.7 Å². The highest BCUT2D eigenvalue weighted by atomic mass is 19.4. The van der Waals surface area contributed by atoms with Crippen LogP contribution in [0.25, 0.3) is 0 Å². The van der Waals surface area contributed by atoms with Gasteiger partial charge in [-0.15, -0.1) is 0 Å². The summed E-state index contributed by atoms with van der Waals surface area (Å²) >= 11 is 0. The molecular formula is C13H12F3NO2. The fourth-order valence-corrected chi connectivity index (χ4v) is 1.57. The molecule has 0 fully saturated rings. The van der Waals surface area contributed by atoms with Crippen LogP contribution in [-0.2, 0) is 19.3 Å². The van der Waals surface area contributed by atoms with E-state index in [9.17, 15) is 13.2 Å². The lowest BCUT2D eigenvalue weighted by molar-refractivity contribution is -0.137. The van der Waals surface area contributed by atoms with Crippen LogP contribution in [0.2, 0.25) is 0 Å². The number of anilines is 1. The van der Waals surface area contributed by atoms with Crippen molar-refractivity contribution in [3.05, 3.63) is 53.5 Å². The average Bonchev–Trinajstić information content (AvgIpc) is 2.84. The molecule has 0 radical (unpaired) electrons. The van der Waals surface area contributed by atoms with Crippen molar-refractivity contribution >= 4 is 5.69 Å². The summed E-state index contributed by atoms with van der Waals surface area (Å²) in [4.78, 5) is 0. The largest absolute Gasteiger partial charge is 0.462 e. The molecule has 1 aromatic carbocycles. The second kappa shape index (κ2) is 5.36. The maximum absolute atomic E-state index is 12.4. The Morgan fingerprint density at radius 3 is 2.16 bits per heavy atom. The Morgan fingerprint density at radius 1 is 1.00 bits per heavy atom. The maximum atomic E-state index is 12.4. The summed E-state index contributed by atoms with van der Waals surface area (Å²) in [6, 6.07) is 8.09. The normalized spacial score (nSPS) is 11.6. The molecule has 0 aliphatic carbocycles. The van der Waals surface area contributed by atoms with Gasteiger partial charge in [0.1, 0.15) is 18.1 Å². The van der Waals surface area contributed by atoms with Crippen LogP contribution >= 0.6 is 0 Å². The molecule has 0 aliphatic heterocycles. The van der Waals surface area contributed by atoms with Gasteiger partial charge in [0.2, 0.25) is 0 Å². The maximum Gasteiger partial charge on any atom is 0.416 e. The molecule has 0 saturated carbocycles. The highest BCUT2D eigenvalue weighted by Gasteiger charge is 2.29. The third kappa shape index (κ3) is 3.51. The van der Waals surface area contributed by atoms with Gasteiger partial charge in [-0.1, -0.05) is 0 Å². The molecule has 0 atom stereocenters. The second-order valence-electron chi connectivity index (χ2n) is 3.95. The van der Waals surface area contributed by atoms with Crippen LogP contribution in [0.1, 0.15) is 17.1 Å². The third-order valence-corrected chi connectivity index (χ3v) is 2.55. The van der Waals surface area contributed by atoms with Gasteiger partial charge >= 0.3 is 6.18 Å². The molecule has 3 nitrogen and oxygen atoms in total. The molecule has 1 aromatic heterocycles. The number of hydrogen-bond donors (Lipinski definition) is 2. The van der Waals surface area contributed by atoms with Gasteiger partial charge in [0.25, 0.3) is 0 Å². The van der Waals surface area contributed by atoms with Gasteiger partial charge in [0.05, 0.1) is 12.1 Å². The Kier molecular flexibility index (Phi) is 3.80. The number of rotatable bonds is 4. The second-order valence-corrected chi connectivity index (χ2v) is 3.95. The quantitative estimate of drug-likeness (QED) is 0.895. The average molecular weight is 271 g/mol. The first-order chi connectivity index (χ1) is 8.99. The summed E-state index contributed by atoms with van der Waals surface area (Å²) in [6.45, 7) is 0.158. The van der Waals surface area contributed by atoms with Crippen LogP contribution in [0.3, 0.4) is 0 Å². The van der Waals surface area contributed by atoms with E-state index in [2.05, 4.69) is 5.32 Å². The fourth-order valence-electron chi connectivity index (χ4n) is 1.57. The zero-order chi connectivity index (χ0) is 13.9. The number of furan rings is 1.